The molecule has 0 unspecified atom stereocenters. The third-order valence-electron chi connectivity index (χ3n) is 4.10. The van der Waals surface area contributed by atoms with Crippen LogP contribution in [0.5, 0.6) is 5.75 Å². The number of amides is 1. The average molecular weight is 311 g/mol. The van der Waals surface area contributed by atoms with Gasteiger partial charge in [-0.05, 0) is 57.0 Å². The van der Waals surface area contributed by atoms with E-state index in [4.69, 9.17) is 16.3 Å². The standard InChI is InChI=1S/C16H23ClN2O2/c1-18-8-5-12-6-9-19(10-7-12)16(20)14-11-13(17)3-4-15(14)21-2/h3-4,11-12,18H,5-10H2,1-2H3. The highest BCUT2D eigenvalue weighted by atomic mass is 35.5. The zero-order valence-electron chi connectivity index (χ0n) is 12.7. The van der Waals surface area contributed by atoms with Crippen molar-refractivity contribution in [2.24, 2.45) is 5.92 Å². The third-order valence-corrected chi connectivity index (χ3v) is 4.33. The van der Waals surface area contributed by atoms with Gasteiger partial charge in [0.25, 0.3) is 5.91 Å². The predicted octanol–water partition coefficient (Wildman–Crippen LogP) is 2.81. The average Bonchev–Trinajstić information content (AvgIpc) is 2.52. The lowest BCUT2D eigenvalue weighted by atomic mass is 9.93. The molecule has 1 fully saturated rings. The summed E-state index contributed by atoms with van der Waals surface area (Å²) in [6.07, 6.45) is 3.31. The largest absolute Gasteiger partial charge is 0.496 e. The van der Waals surface area contributed by atoms with Crippen molar-refractivity contribution in [3.05, 3.63) is 28.8 Å². The number of piperidine rings is 1. The monoisotopic (exact) mass is 310 g/mol. The molecule has 0 saturated carbocycles. The highest BCUT2D eigenvalue weighted by Crippen LogP contribution is 2.27. The Kier molecular flexibility index (Phi) is 5.88. The lowest BCUT2D eigenvalue weighted by Crippen LogP contribution is -2.39. The molecule has 21 heavy (non-hydrogen) atoms. The van der Waals surface area contributed by atoms with Gasteiger partial charge >= 0.3 is 0 Å². The van der Waals surface area contributed by atoms with Crippen LogP contribution in [0.4, 0.5) is 0 Å². The van der Waals surface area contributed by atoms with Crippen molar-refractivity contribution >= 4 is 17.5 Å². The summed E-state index contributed by atoms with van der Waals surface area (Å²) in [6, 6.07) is 5.17. The van der Waals surface area contributed by atoms with E-state index >= 15 is 0 Å². The Hall–Kier alpha value is -1.26. The van der Waals surface area contributed by atoms with Gasteiger partial charge in [-0.15, -0.1) is 0 Å². The molecule has 0 bridgehead atoms. The molecule has 1 aromatic carbocycles. The highest BCUT2D eigenvalue weighted by molar-refractivity contribution is 6.31. The molecular formula is C16H23ClN2O2. The summed E-state index contributed by atoms with van der Waals surface area (Å²) < 4.78 is 5.27. The molecule has 5 heteroatoms. The Bertz CT molecular complexity index is 485. The highest BCUT2D eigenvalue weighted by Gasteiger charge is 2.25. The van der Waals surface area contributed by atoms with Crippen molar-refractivity contribution in [1.82, 2.24) is 10.2 Å². The van der Waals surface area contributed by atoms with Crippen LogP contribution in [0.1, 0.15) is 29.6 Å². The van der Waals surface area contributed by atoms with Crippen LogP contribution < -0.4 is 10.1 Å². The fourth-order valence-corrected chi connectivity index (χ4v) is 2.96. The molecule has 0 atom stereocenters. The number of ether oxygens (including phenoxy) is 1. The van der Waals surface area contributed by atoms with E-state index in [1.807, 2.05) is 11.9 Å². The summed E-state index contributed by atoms with van der Waals surface area (Å²) in [5.41, 5.74) is 0.554. The number of likely N-dealkylation sites (tertiary alicyclic amines) is 1. The number of methoxy groups -OCH3 is 1. The Morgan fingerprint density at radius 1 is 1.43 bits per heavy atom. The van der Waals surface area contributed by atoms with E-state index in [2.05, 4.69) is 5.32 Å². The Morgan fingerprint density at radius 2 is 2.14 bits per heavy atom. The number of benzene rings is 1. The van der Waals surface area contributed by atoms with Crippen LogP contribution in [0.25, 0.3) is 0 Å². The zero-order chi connectivity index (χ0) is 15.2. The second kappa shape index (κ2) is 7.66. The van der Waals surface area contributed by atoms with E-state index < -0.39 is 0 Å². The summed E-state index contributed by atoms with van der Waals surface area (Å²) in [7, 11) is 3.55. The predicted molar refractivity (Wildman–Crippen MR) is 85.2 cm³/mol. The SMILES string of the molecule is CNCCC1CCN(C(=O)c2cc(Cl)ccc2OC)CC1. The van der Waals surface area contributed by atoms with Crippen LogP contribution in [0.3, 0.4) is 0 Å². The maximum absolute atomic E-state index is 12.6. The molecule has 1 heterocycles. The molecule has 116 valence electrons. The second-order valence-electron chi connectivity index (χ2n) is 5.47. The summed E-state index contributed by atoms with van der Waals surface area (Å²) >= 11 is 6.00. The number of halogens is 1. The van der Waals surface area contributed by atoms with Crippen molar-refractivity contribution in [1.29, 1.82) is 0 Å². The maximum atomic E-state index is 12.6. The Labute approximate surface area is 131 Å². The van der Waals surface area contributed by atoms with Crippen molar-refractivity contribution in [2.45, 2.75) is 19.3 Å². The number of nitrogens with zero attached hydrogens (tertiary/aromatic N) is 1. The van der Waals surface area contributed by atoms with Crippen molar-refractivity contribution in [3.8, 4) is 5.75 Å². The van der Waals surface area contributed by atoms with Crippen molar-refractivity contribution < 1.29 is 9.53 Å². The van der Waals surface area contributed by atoms with E-state index in [9.17, 15) is 4.79 Å². The summed E-state index contributed by atoms with van der Waals surface area (Å²) in [5, 5.41) is 3.74. The van der Waals surface area contributed by atoms with Gasteiger partial charge in [-0.25, -0.2) is 0 Å². The molecular weight excluding hydrogens is 288 g/mol. The van der Waals surface area contributed by atoms with Gasteiger partial charge in [-0.1, -0.05) is 11.6 Å². The quantitative estimate of drug-likeness (QED) is 0.909. The minimum atomic E-state index is 0.0152. The molecule has 4 nitrogen and oxygen atoms in total. The van der Waals surface area contributed by atoms with E-state index in [0.717, 1.165) is 32.5 Å². The fourth-order valence-electron chi connectivity index (χ4n) is 2.79. The molecule has 1 amide bonds. The van der Waals surface area contributed by atoms with Crippen LogP contribution in [0, 0.1) is 5.92 Å². The van der Waals surface area contributed by atoms with Gasteiger partial charge in [0, 0.05) is 18.1 Å². The number of carbonyl (C=O) groups excluding carboxylic acids is 1. The van der Waals surface area contributed by atoms with Crippen LogP contribution in [-0.2, 0) is 0 Å². The second-order valence-corrected chi connectivity index (χ2v) is 5.91. The number of hydrogen-bond donors (Lipinski definition) is 1. The Balaban J connectivity index is 2.00. The maximum Gasteiger partial charge on any atom is 0.257 e. The summed E-state index contributed by atoms with van der Waals surface area (Å²) in [5.74, 6) is 1.31. The van der Waals surface area contributed by atoms with Gasteiger partial charge in [0.1, 0.15) is 5.75 Å². The van der Waals surface area contributed by atoms with Crippen molar-refractivity contribution in [2.75, 3.05) is 33.8 Å². The molecule has 0 aromatic heterocycles. The van der Waals surface area contributed by atoms with Crippen LogP contribution in [-0.4, -0.2) is 44.6 Å². The summed E-state index contributed by atoms with van der Waals surface area (Å²) in [4.78, 5) is 14.5. The first-order valence-electron chi connectivity index (χ1n) is 7.43. The molecule has 1 saturated heterocycles. The van der Waals surface area contributed by atoms with Gasteiger partial charge in [-0.3, -0.25) is 4.79 Å². The normalized spacial score (nSPS) is 16.0. The van der Waals surface area contributed by atoms with Crippen LogP contribution in [0.15, 0.2) is 18.2 Å². The molecule has 0 radical (unpaired) electrons. The minimum absolute atomic E-state index is 0.0152. The van der Waals surface area contributed by atoms with E-state index in [1.54, 1.807) is 25.3 Å². The van der Waals surface area contributed by atoms with Gasteiger partial charge in [0.15, 0.2) is 0 Å². The first-order valence-corrected chi connectivity index (χ1v) is 7.81. The van der Waals surface area contributed by atoms with Crippen molar-refractivity contribution in [3.63, 3.8) is 0 Å². The molecule has 1 aromatic rings. The third kappa shape index (κ3) is 4.11. The lowest BCUT2D eigenvalue weighted by Gasteiger charge is -2.32. The molecule has 0 aliphatic carbocycles. The molecule has 2 rings (SSSR count). The molecule has 1 aliphatic heterocycles. The minimum Gasteiger partial charge on any atom is -0.496 e. The number of carbonyl (C=O) groups is 1. The topological polar surface area (TPSA) is 41.6 Å². The molecule has 1 N–H and O–H groups in total. The summed E-state index contributed by atoms with van der Waals surface area (Å²) in [6.45, 7) is 2.66. The van der Waals surface area contributed by atoms with Gasteiger partial charge in [0.05, 0.1) is 12.7 Å². The first-order chi connectivity index (χ1) is 10.2. The van der Waals surface area contributed by atoms with Crippen LogP contribution in [0.2, 0.25) is 5.02 Å². The van der Waals surface area contributed by atoms with Crippen LogP contribution >= 0.6 is 11.6 Å². The van der Waals surface area contributed by atoms with E-state index in [-0.39, 0.29) is 5.91 Å². The smallest absolute Gasteiger partial charge is 0.257 e. The molecule has 1 aliphatic rings. The zero-order valence-corrected chi connectivity index (χ0v) is 13.4. The lowest BCUT2D eigenvalue weighted by molar-refractivity contribution is 0.0684. The van der Waals surface area contributed by atoms with E-state index in [1.165, 1.54) is 6.42 Å². The van der Waals surface area contributed by atoms with Gasteiger partial charge in [-0.2, -0.15) is 0 Å². The fraction of sp³-hybridized carbons (Fsp3) is 0.562. The van der Waals surface area contributed by atoms with E-state index in [0.29, 0.717) is 22.3 Å². The Morgan fingerprint density at radius 3 is 2.76 bits per heavy atom. The first kappa shape index (κ1) is 16.1. The van der Waals surface area contributed by atoms with Gasteiger partial charge in [0.2, 0.25) is 0 Å². The van der Waals surface area contributed by atoms with Gasteiger partial charge < -0.3 is 15.0 Å². The number of nitrogens with one attached hydrogen (secondary N) is 1. The molecule has 0 spiro atoms. The number of hydrogen-bond acceptors (Lipinski definition) is 3. The number of rotatable bonds is 5.